The number of likely N-dealkylation sites (tertiary alicyclic amines) is 1. The molecular formula is C22H26N4O2S. The van der Waals surface area contributed by atoms with Gasteiger partial charge in [0.2, 0.25) is 5.95 Å². The monoisotopic (exact) mass is 410 g/mol. The predicted molar refractivity (Wildman–Crippen MR) is 118 cm³/mol. The molecule has 29 heavy (non-hydrogen) atoms. The number of nitrogens with zero attached hydrogens (tertiary/aromatic N) is 3. The van der Waals surface area contributed by atoms with Gasteiger partial charge < -0.3 is 15.3 Å². The summed E-state index contributed by atoms with van der Waals surface area (Å²) in [7, 11) is 2.18. The van der Waals surface area contributed by atoms with Crippen LogP contribution in [0.5, 0.6) is 0 Å². The number of aryl methyl sites for hydroxylation is 1. The summed E-state index contributed by atoms with van der Waals surface area (Å²) >= 11 is 1.57. The Bertz CT molecular complexity index is 1020. The van der Waals surface area contributed by atoms with Crippen molar-refractivity contribution in [2.24, 2.45) is 5.92 Å². The van der Waals surface area contributed by atoms with Crippen molar-refractivity contribution in [2.45, 2.75) is 26.2 Å². The molecule has 3 aromatic rings. The van der Waals surface area contributed by atoms with Crippen LogP contribution in [0.3, 0.4) is 0 Å². The van der Waals surface area contributed by atoms with Crippen LogP contribution in [-0.4, -0.2) is 52.6 Å². The smallest absolute Gasteiger partial charge is 0.336 e. The Kier molecular flexibility index (Phi) is 5.78. The normalized spacial score (nSPS) is 15.7. The van der Waals surface area contributed by atoms with Crippen LogP contribution >= 0.6 is 11.3 Å². The highest BCUT2D eigenvalue weighted by atomic mass is 32.1. The number of piperidine rings is 1. The second-order valence-corrected chi connectivity index (χ2v) is 8.90. The van der Waals surface area contributed by atoms with Gasteiger partial charge >= 0.3 is 5.97 Å². The maximum absolute atomic E-state index is 11.5. The molecule has 0 radical (unpaired) electrons. The van der Waals surface area contributed by atoms with E-state index in [4.69, 9.17) is 4.98 Å². The van der Waals surface area contributed by atoms with Gasteiger partial charge in [-0.1, -0.05) is 6.07 Å². The molecule has 1 aromatic carbocycles. The molecule has 0 bridgehead atoms. The number of carboxylic acids is 1. The lowest BCUT2D eigenvalue weighted by Gasteiger charge is -2.28. The van der Waals surface area contributed by atoms with E-state index in [1.54, 1.807) is 23.5 Å². The van der Waals surface area contributed by atoms with Gasteiger partial charge in [0.05, 0.1) is 16.1 Å². The first-order chi connectivity index (χ1) is 14.0. The maximum atomic E-state index is 11.5. The molecule has 1 aliphatic rings. The molecule has 1 fully saturated rings. The van der Waals surface area contributed by atoms with Crippen molar-refractivity contribution in [2.75, 3.05) is 32.0 Å². The number of fused-ring (bicyclic) bond motifs is 1. The van der Waals surface area contributed by atoms with Gasteiger partial charge in [-0.2, -0.15) is 0 Å². The highest BCUT2D eigenvalue weighted by Gasteiger charge is 2.17. The zero-order valence-electron chi connectivity index (χ0n) is 16.8. The van der Waals surface area contributed by atoms with Gasteiger partial charge in [0, 0.05) is 22.8 Å². The first kappa shape index (κ1) is 19.8. The van der Waals surface area contributed by atoms with Gasteiger partial charge in [-0.25, -0.2) is 14.8 Å². The van der Waals surface area contributed by atoms with Crippen molar-refractivity contribution in [3.63, 3.8) is 0 Å². The molecule has 0 saturated carbocycles. The predicted octanol–water partition coefficient (Wildman–Crippen LogP) is 4.51. The molecule has 6 nitrogen and oxygen atoms in total. The number of hydrogen-bond donors (Lipinski definition) is 2. The van der Waals surface area contributed by atoms with E-state index in [9.17, 15) is 9.90 Å². The number of anilines is 1. The first-order valence-corrected chi connectivity index (χ1v) is 10.8. The summed E-state index contributed by atoms with van der Waals surface area (Å²) in [6, 6.07) is 7.31. The summed E-state index contributed by atoms with van der Waals surface area (Å²) in [6.07, 6.45) is 5.48. The minimum atomic E-state index is -0.907. The van der Waals surface area contributed by atoms with Crippen molar-refractivity contribution in [1.82, 2.24) is 14.9 Å². The molecule has 3 heterocycles. The number of carboxylic acid groups (broad SMARTS) is 1. The molecule has 2 N–H and O–H groups in total. The van der Waals surface area contributed by atoms with Crippen LogP contribution in [-0.2, 0) is 0 Å². The molecule has 152 valence electrons. The van der Waals surface area contributed by atoms with Gasteiger partial charge in [0.15, 0.2) is 0 Å². The van der Waals surface area contributed by atoms with Gasteiger partial charge in [-0.05, 0) is 76.0 Å². The lowest BCUT2D eigenvalue weighted by Crippen LogP contribution is -2.30. The summed E-state index contributed by atoms with van der Waals surface area (Å²) in [5, 5.41) is 13.6. The Hall–Kier alpha value is -2.51. The second kappa shape index (κ2) is 8.47. The molecule has 0 aliphatic carbocycles. The third-order valence-electron chi connectivity index (χ3n) is 5.67. The first-order valence-electron chi connectivity index (χ1n) is 10.0. The van der Waals surface area contributed by atoms with E-state index in [1.807, 2.05) is 25.3 Å². The number of aromatic nitrogens is 2. The Balaban J connectivity index is 1.50. The molecular weight excluding hydrogens is 384 g/mol. The standard InChI is InChI=1S/C22H26N4O2S/c1-14-13-24-22(23-9-6-15-7-10-26(2)11-8-15)25-20(14)19-12-17-16(21(27)28)4-3-5-18(17)29-19/h3-5,12-13,15H,6-11H2,1-2H3,(H,27,28)(H,23,24,25). The fourth-order valence-electron chi connectivity index (χ4n) is 3.88. The van der Waals surface area contributed by atoms with Crippen molar-refractivity contribution < 1.29 is 9.90 Å². The van der Waals surface area contributed by atoms with E-state index in [0.29, 0.717) is 11.5 Å². The van der Waals surface area contributed by atoms with Gasteiger partial charge in [-0.15, -0.1) is 11.3 Å². The number of benzene rings is 1. The molecule has 1 saturated heterocycles. The zero-order valence-corrected chi connectivity index (χ0v) is 17.6. The lowest BCUT2D eigenvalue weighted by atomic mass is 9.94. The number of nitrogens with one attached hydrogen (secondary N) is 1. The van der Waals surface area contributed by atoms with Crippen LogP contribution in [0.4, 0.5) is 5.95 Å². The van der Waals surface area contributed by atoms with E-state index in [0.717, 1.165) is 45.1 Å². The van der Waals surface area contributed by atoms with Crippen LogP contribution in [0.15, 0.2) is 30.5 Å². The van der Waals surface area contributed by atoms with Crippen molar-refractivity contribution in [3.05, 3.63) is 41.6 Å². The minimum Gasteiger partial charge on any atom is -0.478 e. The Morgan fingerprint density at radius 3 is 2.90 bits per heavy atom. The Morgan fingerprint density at radius 2 is 2.14 bits per heavy atom. The average Bonchev–Trinajstić information content (AvgIpc) is 3.14. The quantitative estimate of drug-likeness (QED) is 0.623. The Morgan fingerprint density at radius 1 is 1.34 bits per heavy atom. The molecule has 0 unspecified atom stereocenters. The van der Waals surface area contributed by atoms with E-state index < -0.39 is 5.97 Å². The maximum Gasteiger partial charge on any atom is 0.336 e. The summed E-state index contributed by atoms with van der Waals surface area (Å²) in [6.45, 7) is 5.22. The molecule has 1 aliphatic heterocycles. The topological polar surface area (TPSA) is 78.4 Å². The van der Waals surface area contributed by atoms with Crippen LogP contribution < -0.4 is 5.32 Å². The van der Waals surface area contributed by atoms with E-state index in [1.165, 1.54) is 25.9 Å². The highest BCUT2D eigenvalue weighted by molar-refractivity contribution is 7.22. The highest BCUT2D eigenvalue weighted by Crippen LogP contribution is 2.36. The van der Waals surface area contributed by atoms with Crippen LogP contribution in [0.1, 0.15) is 35.2 Å². The second-order valence-electron chi connectivity index (χ2n) is 7.82. The SMILES string of the molecule is Cc1cnc(NCCC2CCN(C)CC2)nc1-c1cc2c(C(=O)O)cccc2s1. The van der Waals surface area contributed by atoms with Crippen molar-refractivity contribution in [1.29, 1.82) is 0 Å². The van der Waals surface area contributed by atoms with E-state index >= 15 is 0 Å². The van der Waals surface area contributed by atoms with Gasteiger partial charge in [0.1, 0.15) is 0 Å². The molecule has 0 atom stereocenters. The van der Waals surface area contributed by atoms with E-state index in [2.05, 4.69) is 22.2 Å². The van der Waals surface area contributed by atoms with Crippen LogP contribution in [0.25, 0.3) is 20.7 Å². The molecule has 2 aromatic heterocycles. The molecule has 0 amide bonds. The van der Waals surface area contributed by atoms with Crippen LogP contribution in [0, 0.1) is 12.8 Å². The summed E-state index contributed by atoms with van der Waals surface area (Å²) < 4.78 is 0.953. The number of carbonyl (C=O) groups is 1. The molecule has 7 heteroatoms. The molecule has 4 rings (SSSR count). The third kappa shape index (κ3) is 4.41. The lowest BCUT2D eigenvalue weighted by molar-refractivity contribution is 0.0699. The Labute approximate surface area is 174 Å². The number of hydrogen-bond acceptors (Lipinski definition) is 6. The van der Waals surface area contributed by atoms with Crippen LogP contribution in [0.2, 0.25) is 0 Å². The van der Waals surface area contributed by atoms with Gasteiger partial charge in [0.25, 0.3) is 0 Å². The fourth-order valence-corrected chi connectivity index (χ4v) is 5.02. The number of thiophene rings is 1. The average molecular weight is 411 g/mol. The van der Waals surface area contributed by atoms with E-state index in [-0.39, 0.29) is 0 Å². The van der Waals surface area contributed by atoms with Crippen molar-refractivity contribution >= 4 is 33.3 Å². The fraction of sp³-hybridized carbons (Fsp3) is 0.409. The van der Waals surface area contributed by atoms with Crippen molar-refractivity contribution in [3.8, 4) is 10.6 Å². The van der Waals surface area contributed by atoms with Gasteiger partial charge in [-0.3, -0.25) is 0 Å². The summed E-state index contributed by atoms with van der Waals surface area (Å²) in [5.41, 5.74) is 2.17. The zero-order chi connectivity index (χ0) is 20.4. The summed E-state index contributed by atoms with van der Waals surface area (Å²) in [5.74, 6) is 0.491. The third-order valence-corrected chi connectivity index (χ3v) is 6.78. The largest absolute Gasteiger partial charge is 0.478 e. The molecule has 0 spiro atoms. The minimum absolute atomic E-state index is 0.327. The number of aromatic carboxylic acids is 1. The number of rotatable bonds is 6. The summed E-state index contributed by atoms with van der Waals surface area (Å²) in [4.78, 5) is 24.0.